The summed E-state index contributed by atoms with van der Waals surface area (Å²) in [6.45, 7) is 2.42. The molecule has 0 fully saturated rings. The molecule has 0 bridgehead atoms. The first-order chi connectivity index (χ1) is 8.36. The van der Waals surface area contributed by atoms with Gasteiger partial charge < -0.3 is 5.32 Å². The summed E-state index contributed by atoms with van der Waals surface area (Å²) < 4.78 is 37.9. The van der Waals surface area contributed by atoms with Gasteiger partial charge in [-0.25, -0.2) is 0 Å². The minimum Gasteiger partial charge on any atom is -0.352 e. The number of carbonyl (C=O) groups excluding carboxylic acids is 1. The number of unbranched alkanes of at least 4 members (excludes halogenated alkanes) is 1. The fourth-order valence-electron chi connectivity index (χ4n) is 1.35. The van der Waals surface area contributed by atoms with Gasteiger partial charge in [-0.05, 0) is 40.5 Å². The van der Waals surface area contributed by atoms with Gasteiger partial charge in [-0.15, -0.1) is 0 Å². The van der Waals surface area contributed by atoms with Crippen LogP contribution in [0.4, 0.5) is 13.2 Å². The molecule has 1 aromatic carbocycles. The molecule has 100 valence electrons. The molecule has 0 aliphatic rings. The zero-order chi connectivity index (χ0) is 13.8. The standard InChI is InChI=1S/C12H13BrF3NO/c1-2-3-6-17-11(18)9-7-8(12(14,15)16)4-5-10(9)13/h4-5,7H,2-3,6H2,1H3,(H,17,18). The van der Waals surface area contributed by atoms with Gasteiger partial charge in [0.25, 0.3) is 5.91 Å². The quantitative estimate of drug-likeness (QED) is 0.834. The molecule has 0 heterocycles. The summed E-state index contributed by atoms with van der Waals surface area (Å²) in [6, 6.07) is 3.02. The summed E-state index contributed by atoms with van der Waals surface area (Å²) >= 11 is 3.08. The van der Waals surface area contributed by atoms with Gasteiger partial charge in [0.1, 0.15) is 0 Å². The number of hydrogen-bond acceptors (Lipinski definition) is 1. The minimum absolute atomic E-state index is 0.000859. The Morgan fingerprint density at radius 2 is 2.06 bits per heavy atom. The number of amides is 1. The van der Waals surface area contributed by atoms with Crippen LogP contribution in [0.5, 0.6) is 0 Å². The molecular formula is C12H13BrF3NO. The van der Waals surface area contributed by atoms with Crippen LogP contribution < -0.4 is 5.32 Å². The van der Waals surface area contributed by atoms with Crippen LogP contribution in [0.1, 0.15) is 35.7 Å². The third-order valence-corrected chi connectivity index (χ3v) is 3.05. The number of carbonyl (C=O) groups is 1. The van der Waals surface area contributed by atoms with Crippen molar-refractivity contribution in [3.63, 3.8) is 0 Å². The van der Waals surface area contributed by atoms with Crippen molar-refractivity contribution in [3.05, 3.63) is 33.8 Å². The number of hydrogen-bond donors (Lipinski definition) is 1. The Labute approximate surface area is 112 Å². The molecule has 0 saturated heterocycles. The van der Waals surface area contributed by atoms with E-state index in [9.17, 15) is 18.0 Å². The molecule has 1 amide bonds. The Balaban J connectivity index is 2.90. The van der Waals surface area contributed by atoms with Crippen LogP contribution >= 0.6 is 15.9 Å². The molecule has 1 aromatic rings. The van der Waals surface area contributed by atoms with Crippen LogP contribution in [0, 0.1) is 0 Å². The van der Waals surface area contributed by atoms with Crippen molar-refractivity contribution in [1.82, 2.24) is 5.32 Å². The number of rotatable bonds is 4. The van der Waals surface area contributed by atoms with Crippen LogP contribution in [0.2, 0.25) is 0 Å². The number of benzene rings is 1. The maximum Gasteiger partial charge on any atom is 0.416 e. The number of halogens is 4. The van der Waals surface area contributed by atoms with E-state index in [1.807, 2.05) is 6.92 Å². The first-order valence-corrected chi connectivity index (χ1v) is 6.30. The lowest BCUT2D eigenvalue weighted by Gasteiger charge is -2.10. The Kier molecular flexibility index (Phi) is 5.19. The molecule has 0 aromatic heterocycles. The van der Waals surface area contributed by atoms with E-state index in [-0.39, 0.29) is 5.56 Å². The van der Waals surface area contributed by atoms with Crippen LogP contribution in [0.25, 0.3) is 0 Å². The molecule has 0 aliphatic heterocycles. The van der Waals surface area contributed by atoms with E-state index in [0.717, 1.165) is 25.0 Å². The lowest BCUT2D eigenvalue weighted by atomic mass is 10.1. The molecule has 2 nitrogen and oxygen atoms in total. The Morgan fingerprint density at radius 3 is 2.61 bits per heavy atom. The van der Waals surface area contributed by atoms with Crippen molar-refractivity contribution in [2.24, 2.45) is 0 Å². The SMILES string of the molecule is CCCCNC(=O)c1cc(C(F)(F)F)ccc1Br. The predicted octanol–water partition coefficient (Wildman–Crippen LogP) is 4.00. The maximum absolute atomic E-state index is 12.5. The molecule has 1 N–H and O–H groups in total. The number of alkyl halides is 3. The van der Waals surface area contributed by atoms with Gasteiger partial charge in [-0.1, -0.05) is 13.3 Å². The topological polar surface area (TPSA) is 29.1 Å². The van der Waals surface area contributed by atoms with E-state index in [4.69, 9.17) is 0 Å². The second kappa shape index (κ2) is 6.22. The molecule has 18 heavy (non-hydrogen) atoms. The molecule has 0 aliphatic carbocycles. The Hall–Kier alpha value is -1.04. The van der Waals surface area contributed by atoms with Gasteiger partial charge >= 0.3 is 6.18 Å². The van der Waals surface area contributed by atoms with E-state index in [2.05, 4.69) is 21.2 Å². The Bertz CT molecular complexity index is 432. The predicted molar refractivity (Wildman–Crippen MR) is 66.4 cm³/mol. The molecule has 0 unspecified atom stereocenters. The van der Waals surface area contributed by atoms with Crippen molar-refractivity contribution >= 4 is 21.8 Å². The van der Waals surface area contributed by atoms with Crippen LogP contribution in [-0.4, -0.2) is 12.5 Å². The van der Waals surface area contributed by atoms with Gasteiger partial charge in [0, 0.05) is 11.0 Å². The maximum atomic E-state index is 12.5. The zero-order valence-corrected chi connectivity index (χ0v) is 11.4. The van der Waals surface area contributed by atoms with Crippen molar-refractivity contribution in [2.45, 2.75) is 25.9 Å². The molecule has 0 radical (unpaired) electrons. The molecular weight excluding hydrogens is 311 g/mol. The summed E-state index contributed by atoms with van der Waals surface area (Å²) in [6.07, 6.45) is -2.74. The van der Waals surface area contributed by atoms with Crippen LogP contribution in [-0.2, 0) is 6.18 Å². The second-order valence-electron chi connectivity index (χ2n) is 3.80. The van der Waals surface area contributed by atoms with E-state index >= 15 is 0 Å². The fourth-order valence-corrected chi connectivity index (χ4v) is 1.78. The summed E-state index contributed by atoms with van der Waals surface area (Å²) in [5.41, 5.74) is -0.827. The highest BCUT2D eigenvalue weighted by Gasteiger charge is 2.31. The smallest absolute Gasteiger partial charge is 0.352 e. The lowest BCUT2D eigenvalue weighted by Crippen LogP contribution is -2.25. The highest BCUT2D eigenvalue weighted by atomic mass is 79.9. The number of nitrogens with one attached hydrogen (secondary N) is 1. The second-order valence-corrected chi connectivity index (χ2v) is 4.66. The average molecular weight is 324 g/mol. The first-order valence-electron chi connectivity index (χ1n) is 5.51. The van der Waals surface area contributed by atoms with Crippen molar-refractivity contribution in [1.29, 1.82) is 0 Å². The highest BCUT2D eigenvalue weighted by Crippen LogP contribution is 2.31. The van der Waals surface area contributed by atoms with Crippen LogP contribution in [0.3, 0.4) is 0 Å². The highest BCUT2D eigenvalue weighted by molar-refractivity contribution is 9.10. The van der Waals surface area contributed by atoms with Crippen molar-refractivity contribution in [3.8, 4) is 0 Å². The largest absolute Gasteiger partial charge is 0.416 e. The lowest BCUT2D eigenvalue weighted by molar-refractivity contribution is -0.137. The minimum atomic E-state index is -4.45. The molecule has 0 spiro atoms. The Morgan fingerprint density at radius 1 is 1.39 bits per heavy atom. The third kappa shape index (κ3) is 4.01. The first kappa shape index (κ1) is 15.0. The monoisotopic (exact) mass is 323 g/mol. The van der Waals surface area contributed by atoms with Crippen LogP contribution in [0.15, 0.2) is 22.7 Å². The van der Waals surface area contributed by atoms with E-state index < -0.39 is 17.6 Å². The van der Waals surface area contributed by atoms with Gasteiger partial charge in [0.15, 0.2) is 0 Å². The molecule has 6 heteroatoms. The normalized spacial score (nSPS) is 11.4. The van der Waals surface area contributed by atoms with Crippen molar-refractivity contribution < 1.29 is 18.0 Å². The summed E-state index contributed by atoms with van der Waals surface area (Å²) in [7, 11) is 0. The van der Waals surface area contributed by atoms with Crippen molar-refractivity contribution in [2.75, 3.05) is 6.54 Å². The van der Waals surface area contributed by atoms with Gasteiger partial charge in [-0.2, -0.15) is 13.2 Å². The molecule has 1 rings (SSSR count). The fraction of sp³-hybridized carbons (Fsp3) is 0.417. The molecule has 0 saturated carbocycles. The average Bonchev–Trinajstić information content (AvgIpc) is 2.28. The van der Waals surface area contributed by atoms with Gasteiger partial charge in [-0.3, -0.25) is 4.79 Å². The molecule has 0 atom stereocenters. The van der Waals surface area contributed by atoms with E-state index in [0.29, 0.717) is 11.0 Å². The van der Waals surface area contributed by atoms with E-state index in [1.54, 1.807) is 0 Å². The summed E-state index contributed by atoms with van der Waals surface area (Å²) in [5.74, 6) is -0.499. The zero-order valence-electron chi connectivity index (χ0n) is 9.77. The van der Waals surface area contributed by atoms with Gasteiger partial charge in [0.05, 0.1) is 11.1 Å². The summed E-state index contributed by atoms with van der Waals surface area (Å²) in [5, 5.41) is 2.58. The third-order valence-electron chi connectivity index (χ3n) is 2.35. The van der Waals surface area contributed by atoms with E-state index in [1.165, 1.54) is 6.07 Å². The summed E-state index contributed by atoms with van der Waals surface area (Å²) in [4.78, 5) is 11.7. The van der Waals surface area contributed by atoms with Gasteiger partial charge in [0.2, 0.25) is 0 Å².